The van der Waals surface area contributed by atoms with E-state index in [0.29, 0.717) is 19.6 Å². The lowest BCUT2D eigenvalue weighted by molar-refractivity contribution is -0.137. The van der Waals surface area contributed by atoms with Crippen LogP contribution in [-0.2, 0) is 20.4 Å². The van der Waals surface area contributed by atoms with Crippen molar-refractivity contribution in [2.24, 2.45) is 0 Å². The van der Waals surface area contributed by atoms with Crippen LogP contribution >= 0.6 is 0 Å². The van der Waals surface area contributed by atoms with Crippen molar-refractivity contribution in [3.8, 4) is 22.6 Å². The van der Waals surface area contributed by atoms with Gasteiger partial charge in [-0.3, -0.25) is 0 Å². The molecule has 0 atom stereocenters. The summed E-state index contributed by atoms with van der Waals surface area (Å²) in [5.41, 5.74) is 5.43. The highest BCUT2D eigenvalue weighted by Gasteiger charge is 2.38. The van der Waals surface area contributed by atoms with Gasteiger partial charge in [0.1, 0.15) is 11.5 Å². The number of methoxy groups -OCH3 is 1. The molecule has 0 heterocycles. The summed E-state index contributed by atoms with van der Waals surface area (Å²) in [5.74, 6) is 1.14. The van der Waals surface area contributed by atoms with Gasteiger partial charge in [0.2, 0.25) is 0 Å². The van der Waals surface area contributed by atoms with Crippen molar-refractivity contribution in [1.82, 2.24) is 0 Å². The van der Waals surface area contributed by atoms with Gasteiger partial charge in [-0.25, -0.2) is 4.79 Å². The van der Waals surface area contributed by atoms with Crippen LogP contribution < -0.4 is 9.47 Å². The van der Waals surface area contributed by atoms with E-state index >= 15 is 0 Å². The average molecular weight is 467 g/mol. The highest BCUT2D eigenvalue weighted by Crippen LogP contribution is 2.50. The molecule has 5 heteroatoms. The predicted molar refractivity (Wildman–Crippen MR) is 137 cm³/mol. The van der Waals surface area contributed by atoms with Crippen LogP contribution in [0.2, 0.25) is 0 Å². The maximum Gasteiger partial charge on any atom is 0.330 e. The number of hydrogen-bond donors (Lipinski definition) is 1. The van der Waals surface area contributed by atoms with E-state index in [4.69, 9.17) is 14.2 Å². The number of carbonyl (C=O) groups is 1. The SMILES string of the molecule is CCOC(=O)C=Cc1ccc(OC)c(-c2cc3c(cc2OCCCO)C(C)(C)CCC3(C)C)c1. The van der Waals surface area contributed by atoms with Crippen LogP contribution in [0.15, 0.2) is 36.4 Å². The molecule has 0 radical (unpaired) electrons. The van der Waals surface area contributed by atoms with Crippen molar-refractivity contribution in [1.29, 1.82) is 0 Å². The first kappa shape index (κ1) is 25.8. The zero-order valence-electron chi connectivity index (χ0n) is 21.4. The number of carbonyl (C=O) groups excluding carboxylic acids is 1. The number of aliphatic hydroxyl groups excluding tert-OH is 1. The van der Waals surface area contributed by atoms with Crippen molar-refractivity contribution in [2.45, 2.75) is 64.7 Å². The number of rotatable bonds is 9. The molecule has 2 aromatic rings. The monoisotopic (exact) mass is 466 g/mol. The van der Waals surface area contributed by atoms with Crippen molar-refractivity contribution >= 4 is 12.0 Å². The first-order chi connectivity index (χ1) is 16.1. The molecule has 0 spiro atoms. The van der Waals surface area contributed by atoms with Gasteiger partial charge >= 0.3 is 5.97 Å². The number of benzene rings is 2. The van der Waals surface area contributed by atoms with E-state index in [-0.39, 0.29) is 23.4 Å². The summed E-state index contributed by atoms with van der Waals surface area (Å²) in [6.07, 6.45) is 5.96. The number of esters is 1. The Bertz CT molecular complexity index is 1050. The molecule has 0 aliphatic heterocycles. The molecule has 184 valence electrons. The van der Waals surface area contributed by atoms with E-state index in [0.717, 1.165) is 41.0 Å². The molecular weight excluding hydrogens is 428 g/mol. The van der Waals surface area contributed by atoms with Crippen molar-refractivity contribution in [3.63, 3.8) is 0 Å². The Balaban J connectivity index is 2.18. The summed E-state index contributed by atoms with van der Waals surface area (Å²) >= 11 is 0. The van der Waals surface area contributed by atoms with Gasteiger partial charge in [0.15, 0.2) is 0 Å². The smallest absolute Gasteiger partial charge is 0.330 e. The summed E-state index contributed by atoms with van der Waals surface area (Å²) in [5, 5.41) is 9.29. The van der Waals surface area contributed by atoms with Crippen LogP contribution in [0.3, 0.4) is 0 Å². The summed E-state index contributed by atoms with van der Waals surface area (Å²) in [6, 6.07) is 10.3. The van der Waals surface area contributed by atoms with Crippen LogP contribution in [0.4, 0.5) is 0 Å². The Morgan fingerprint density at radius 1 is 1.00 bits per heavy atom. The molecule has 1 N–H and O–H groups in total. The lowest BCUT2D eigenvalue weighted by atomic mass is 9.62. The standard InChI is InChI=1S/C29H38O5/c1-7-33-27(31)12-10-20-9-11-25(32-6)21(17-20)22-18-23-24(19-26(22)34-16-8-15-30)29(4,5)14-13-28(23,2)3/h9-12,17-19,30H,7-8,13-16H2,1-6H3. The Morgan fingerprint density at radius 2 is 1.65 bits per heavy atom. The second kappa shape index (κ2) is 10.6. The summed E-state index contributed by atoms with van der Waals surface area (Å²) in [4.78, 5) is 11.8. The second-order valence-corrected chi connectivity index (χ2v) is 10.1. The van der Waals surface area contributed by atoms with Crippen LogP contribution in [0.25, 0.3) is 17.2 Å². The Kier molecular flexibility index (Phi) is 8.09. The molecule has 1 aliphatic rings. The number of ether oxygens (including phenoxy) is 3. The normalized spacial score (nSPS) is 16.2. The molecule has 0 fully saturated rings. The number of aliphatic hydroxyl groups is 1. The Hall–Kier alpha value is -2.79. The highest BCUT2D eigenvalue weighted by molar-refractivity contribution is 5.88. The molecule has 1 aliphatic carbocycles. The van der Waals surface area contributed by atoms with E-state index in [1.165, 1.54) is 17.2 Å². The largest absolute Gasteiger partial charge is 0.496 e. The number of hydrogen-bond acceptors (Lipinski definition) is 5. The first-order valence-corrected chi connectivity index (χ1v) is 12.1. The zero-order valence-corrected chi connectivity index (χ0v) is 21.4. The van der Waals surface area contributed by atoms with Crippen molar-refractivity contribution in [2.75, 3.05) is 26.9 Å². The zero-order chi connectivity index (χ0) is 24.9. The van der Waals surface area contributed by atoms with Crippen molar-refractivity contribution < 1.29 is 24.1 Å². The van der Waals surface area contributed by atoms with Gasteiger partial charge in [-0.15, -0.1) is 0 Å². The van der Waals surface area contributed by atoms with Gasteiger partial charge in [0.05, 0.1) is 20.3 Å². The first-order valence-electron chi connectivity index (χ1n) is 12.1. The Labute approximate surface area is 203 Å². The maximum atomic E-state index is 11.8. The minimum atomic E-state index is -0.370. The van der Waals surface area contributed by atoms with E-state index in [9.17, 15) is 9.90 Å². The molecule has 0 bridgehead atoms. The van der Waals surface area contributed by atoms with Crippen LogP contribution in [-0.4, -0.2) is 38.0 Å². The molecule has 0 amide bonds. The van der Waals surface area contributed by atoms with Crippen LogP contribution in [0.5, 0.6) is 11.5 Å². The minimum absolute atomic E-state index is 0.0396. The molecule has 0 saturated heterocycles. The average Bonchev–Trinajstić information content (AvgIpc) is 2.80. The molecule has 0 saturated carbocycles. The third-order valence-electron chi connectivity index (χ3n) is 6.73. The van der Waals surface area contributed by atoms with Crippen LogP contribution in [0, 0.1) is 0 Å². The lowest BCUT2D eigenvalue weighted by Gasteiger charge is -2.42. The van der Waals surface area contributed by atoms with E-state index in [1.807, 2.05) is 18.2 Å². The quantitative estimate of drug-likeness (QED) is 0.277. The molecule has 0 unspecified atom stereocenters. The molecule has 34 heavy (non-hydrogen) atoms. The summed E-state index contributed by atoms with van der Waals surface area (Å²) in [7, 11) is 1.66. The maximum absolute atomic E-state index is 11.8. The lowest BCUT2D eigenvalue weighted by Crippen LogP contribution is -2.34. The van der Waals surface area contributed by atoms with Gasteiger partial charge in [-0.05, 0) is 77.6 Å². The third-order valence-corrected chi connectivity index (χ3v) is 6.73. The van der Waals surface area contributed by atoms with Gasteiger partial charge in [-0.1, -0.05) is 33.8 Å². The highest BCUT2D eigenvalue weighted by atomic mass is 16.5. The van der Waals surface area contributed by atoms with Crippen LogP contribution in [0.1, 0.15) is 70.6 Å². The molecule has 0 aromatic heterocycles. The van der Waals surface area contributed by atoms with Gasteiger partial charge in [0, 0.05) is 30.2 Å². The fourth-order valence-corrected chi connectivity index (χ4v) is 4.56. The Morgan fingerprint density at radius 3 is 2.26 bits per heavy atom. The van der Waals surface area contributed by atoms with Gasteiger partial charge in [-0.2, -0.15) is 0 Å². The predicted octanol–water partition coefficient (Wildman–Crippen LogP) is 6.05. The topological polar surface area (TPSA) is 65.0 Å². The minimum Gasteiger partial charge on any atom is -0.496 e. The van der Waals surface area contributed by atoms with E-state index in [2.05, 4.69) is 39.8 Å². The van der Waals surface area contributed by atoms with Gasteiger partial charge in [0.25, 0.3) is 0 Å². The molecular formula is C29H38O5. The molecule has 2 aromatic carbocycles. The molecule has 3 rings (SSSR count). The van der Waals surface area contributed by atoms with E-state index < -0.39 is 0 Å². The summed E-state index contributed by atoms with van der Waals surface area (Å²) in [6.45, 7) is 11.8. The van der Waals surface area contributed by atoms with E-state index in [1.54, 1.807) is 20.1 Å². The fourth-order valence-electron chi connectivity index (χ4n) is 4.56. The molecule has 5 nitrogen and oxygen atoms in total. The number of fused-ring (bicyclic) bond motifs is 1. The second-order valence-electron chi connectivity index (χ2n) is 10.1. The fraction of sp³-hybridized carbons (Fsp3) is 0.483. The third kappa shape index (κ3) is 5.64. The van der Waals surface area contributed by atoms with Gasteiger partial charge < -0.3 is 19.3 Å². The summed E-state index contributed by atoms with van der Waals surface area (Å²) < 4.78 is 17.0. The van der Waals surface area contributed by atoms with Crippen molar-refractivity contribution in [3.05, 3.63) is 53.1 Å².